The standard InChI is InChI=1S/C7H10FN/c1-5-2-3-6(8)7(9)4-5/h2-3,7H,4,9H2,1H3. The van der Waals surface area contributed by atoms with E-state index in [-0.39, 0.29) is 5.83 Å². The molecule has 1 aliphatic rings. The molecule has 0 aromatic heterocycles. The van der Waals surface area contributed by atoms with E-state index in [1.54, 1.807) is 6.08 Å². The van der Waals surface area contributed by atoms with Crippen LogP contribution in [-0.2, 0) is 0 Å². The first-order chi connectivity index (χ1) is 4.20. The summed E-state index contributed by atoms with van der Waals surface area (Å²) in [7, 11) is 0. The van der Waals surface area contributed by atoms with E-state index in [4.69, 9.17) is 5.73 Å². The van der Waals surface area contributed by atoms with Crippen molar-refractivity contribution in [1.29, 1.82) is 0 Å². The molecule has 0 aromatic carbocycles. The van der Waals surface area contributed by atoms with Crippen molar-refractivity contribution in [3.63, 3.8) is 0 Å². The number of hydrogen-bond acceptors (Lipinski definition) is 1. The third kappa shape index (κ3) is 1.39. The molecule has 1 unspecified atom stereocenters. The van der Waals surface area contributed by atoms with E-state index in [1.807, 2.05) is 6.92 Å². The molecule has 0 aromatic rings. The van der Waals surface area contributed by atoms with Crippen LogP contribution in [0, 0.1) is 0 Å². The molecule has 1 aliphatic carbocycles. The number of allylic oxidation sites excluding steroid dienone is 2. The average molecular weight is 127 g/mol. The maximum atomic E-state index is 12.4. The summed E-state index contributed by atoms with van der Waals surface area (Å²) in [6.45, 7) is 1.95. The van der Waals surface area contributed by atoms with Crippen LogP contribution in [0.1, 0.15) is 13.3 Å². The maximum absolute atomic E-state index is 12.4. The van der Waals surface area contributed by atoms with E-state index in [1.165, 1.54) is 6.08 Å². The van der Waals surface area contributed by atoms with Crippen molar-refractivity contribution < 1.29 is 4.39 Å². The predicted molar refractivity (Wildman–Crippen MR) is 35.5 cm³/mol. The lowest BCUT2D eigenvalue weighted by atomic mass is 10.0. The molecule has 0 aliphatic heterocycles. The molecule has 0 saturated heterocycles. The van der Waals surface area contributed by atoms with E-state index < -0.39 is 6.04 Å². The molecule has 50 valence electrons. The van der Waals surface area contributed by atoms with Crippen molar-refractivity contribution >= 4 is 0 Å². The minimum atomic E-state index is -0.394. The fourth-order valence-corrected chi connectivity index (χ4v) is 0.858. The minimum absolute atomic E-state index is 0.208. The summed E-state index contributed by atoms with van der Waals surface area (Å²) in [5, 5.41) is 0. The van der Waals surface area contributed by atoms with Crippen LogP contribution in [0.3, 0.4) is 0 Å². The lowest BCUT2D eigenvalue weighted by Crippen LogP contribution is -2.22. The van der Waals surface area contributed by atoms with Gasteiger partial charge in [0, 0.05) is 0 Å². The Morgan fingerprint density at radius 2 is 2.33 bits per heavy atom. The lowest BCUT2D eigenvalue weighted by molar-refractivity contribution is 0.530. The summed E-state index contributed by atoms with van der Waals surface area (Å²) in [5.41, 5.74) is 6.53. The van der Waals surface area contributed by atoms with Crippen molar-refractivity contribution in [1.82, 2.24) is 0 Å². The summed E-state index contributed by atoms with van der Waals surface area (Å²) < 4.78 is 12.4. The molecule has 1 atom stereocenters. The molecule has 2 heteroatoms. The van der Waals surface area contributed by atoms with Crippen molar-refractivity contribution in [3.05, 3.63) is 23.6 Å². The molecule has 0 radical (unpaired) electrons. The van der Waals surface area contributed by atoms with Gasteiger partial charge in [-0.1, -0.05) is 11.6 Å². The first kappa shape index (κ1) is 6.49. The Hall–Kier alpha value is -0.630. The summed E-state index contributed by atoms with van der Waals surface area (Å²) in [6, 6.07) is -0.394. The van der Waals surface area contributed by atoms with E-state index in [0.717, 1.165) is 5.57 Å². The summed E-state index contributed by atoms with van der Waals surface area (Å²) in [6.07, 6.45) is 3.85. The molecule has 0 spiro atoms. The van der Waals surface area contributed by atoms with Crippen molar-refractivity contribution in [2.75, 3.05) is 0 Å². The monoisotopic (exact) mass is 127 g/mol. The molecule has 2 N–H and O–H groups in total. The Morgan fingerprint density at radius 1 is 1.67 bits per heavy atom. The van der Waals surface area contributed by atoms with Crippen LogP contribution in [0.25, 0.3) is 0 Å². The highest BCUT2D eigenvalue weighted by Gasteiger charge is 2.11. The first-order valence-corrected chi connectivity index (χ1v) is 2.98. The van der Waals surface area contributed by atoms with Crippen LogP contribution in [-0.4, -0.2) is 6.04 Å². The Kier molecular flexibility index (Phi) is 1.67. The van der Waals surface area contributed by atoms with Crippen LogP contribution in [0.4, 0.5) is 4.39 Å². The van der Waals surface area contributed by atoms with E-state index in [2.05, 4.69) is 0 Å². The predicted octanol–water partition coefficient (Wildman–Crippen LogP) is 1.52. The van der Waals surface area contributed by atoms with Gasteiger partial charge in [-0.2, -0.15) is 0 Å². The highest BCUT2D eigenvalue weighted by molar-refractivity contribution is 5.23. The Balaban J connectivity index is 2.74. The quantitative estimate of drug-likeness (QED) is 0.524. The second-order valence-electron chi connectivity index (χ2n) is 2.38. The van der Waals surface area contributed by atoms with Crippen LogP contribution >= 0.6 is 0 Å². The van der Waals surface area contributed by atoms with Gasteiger partial charge >= 0.3 is 0 Å². The highest BCUT2D eigenvalue weighted by Crippen LogP contribution is 2.16. The van der Waals surface area contributed by atoms with Gasteiger partial charge in [0.15, 0.2) is 0 Å². The van der Waals surface area contributed by atoms with E-state index in [9.17, 15) is 4.39 Å². The van der Waals surface area contributed by atoms with Gasteiger partial charge in [0.05, 0.1) is 6.04 Å². The maximum Gasteiger partial charge on any atom is 0.117 e. The minimum Gasteiger partial charge on any atom is -0.322 e. The van der Waals surface area contributed by atoms with Gasteiger partial charge in [0.2, 0.25) is 0 Å². The number of nitrogens with two attached hydrogens (primary N) is 1. The SMILES string of the molecule is CC1=CC=C(F)C(N)C1. The van der Waals surface area contributed by atoms with Gasteiger partial charge in [-0.25, -0.2) is 4.39 Å². The molecule has 0 saturated carbocycles. The van der Waals surface area contributed by atoms with Crippen molar-refractivity contribution in [2.24, 2.45) is 5.73 Å². The molecule has 9 heavy (non-hydrogen) atoms. The smallest absolute Gasteiger partial charge is 0.117 e. The molecule has 1 nitrogen and oxygen atoms in total. The van der Waals surface area contributed by atoms with Gasteiger partial charge in [-0.3, -0.25) is 0 Å². The second-order valence-corrected chi connectivity index (χ2v) is 2.38. The summed E-state index contributed by atoms with van der Waals surface area (Å²) in [5.74, 6) is -0.208. The number of halogens is 1. The van der Waals surface area contributed by atoms with E-state index in [0.29, 0.717) is 6.42 Å². The average Bonchev–Trinajstić information content (AvgIpc) is 1.80. The normalized spacial score (nSPS) is 27.2. The summed E-state index contributed by atoms with van der Waals surface area (Å²) >= 11 is 0. The second kappa shape index (κ2) is 2.31. The number of hydrogen-bond donors (Lipinski definition) is 1. The van der Waals surface area contributed by atoms with Crippen LogP contribution < -0.4 is 5.73 Å². The zero-order chi connectivity index (χ0) is 6.85. The molecule has 0 fully saturated rings. The van der Waals surface area contributed by atoms with Gasteiger partial charge < -0.3 is 5.73 Å². The molecule has 0 amide bonds. The molecule has 1 rings (SSSR count). The van der Waals surface area contributed by atoms with Crippen LogP contribution in [0.5, 0.6) is 0 Å². The Bertz CT molecular complexity index is 170. The first-order valence-electron chi connectivity index (χ1n) is 2.98. The Labute approximate surface area is 54.0 Å². The molecule has 0 heterocycles. The molecule has 0 bridgehead atoms. The van der Waals surface area contributed by atoms with Gasteiger partial charge in [0.1, 0.15) is 5.83 Å². The highest BCUT2D eigenvalue weighted by atomic mass is 19.1. The fourth-order valence-electron chi connectivity index (χ4n) is 0.858. The van der Waals surface area contributed by atoms with Crippen LogP contribution in [0.2, 0.25) is 0 Å². The van der Waals surface area contributed by atoms with Crippen molar-refractivity contribution in [3.8, 4) is 0 Å². The lowest BCUT2D eigenvalue weighted by Gasteiger charge is -2.12. The Morgan fingerprint density at radius 3 is 2.78 bits per heavy atom. The fraction of sp³-hybridized carbons (Fsp3) is 0.429. The van der Waals surface area contributed by atoms with Gasteiger partial charge in [0.25, 0.3) is 0 Å². The van der Waals surface area contributed by atoms with Gasteiger partial charge in [-0.05, 0) is 19.4 Å². The van der Waals surface area contributed by atoms with Crippen LogP contribution in [0.15, 0.2) is 23.6 Å². The molecular formula is C7H10FN. The van der Waals surface area contributed by atoms with Crippen molar-refractivity contribution in [2.45, 2.75) is 19.4 Å². The topological polar surface area (TPSA) is 26.0 Å². The number of rotatable bonds is 0. The third-order valence-corrected chi connectivity index (χ3v) is 1.42. The van der Waals surface area contributed by atoms with E-state index >= 15 is 0 Å². The largest absolute Gasteiger partial charge is 0.322 e. The zero-order valence-electron chi connectivity index (χ0n) is 5.39. The van der Waals surface area contributed by atoms with Gasteiger partial charge in [-0.15, -0.1) is 0 Å². The third-order valence-electron chi connectivity index (χ3n) is 1.42. The summed E-state index contributed by atoms with van der Waals surface area (Å²) in [4.78, 5) is 0. The molecular weight excluding hydrogens is 117 g/mol. The zero-order valence-corrected chi connectivity index (χ0v) is 5.39.